The third-order valence-electron chi connectivity index (χ3n) is 2.36. The van der Waals surface area contributed by atoms with Crippen molar-refractivity contribution < 1.29 is 23.1 Å². The standard InChI is InChI=1S/C15H12BrClF2O/c1-2-20-15-13(18)6-9(7-14(15)19)5-10-8-11(16)3-4-12(10)17/h3-4,6-8H,2,5H2,1H3/i1D3,2D2,5D2. The molecule has 20 heavy (non-hydrogen) atoms. The molecule has 2 aromatic carbocycles. The lowest BCUT2D eigenvalue weighted by molar-refractivity contribution is 0.302. The Bertz CT molecular complexity index is 851. The average molecular weight is 369 g/mol. The van der Waals surface area contributed by atoms with Gasteiger partial charge in [0.25, 0.3) is 0 Å². The SMILES string of the molecule is [2H]C([2H])(c1cc(F)c(OC([2H])([2H])C([2H])([2H])[2H])c(F)c1)c1cc(Br)ccc1Cl. The molecule has 2 aromatic rings. The molecule has 1 nitrogen and oxygen atoms in total. The summed E-state index contributed by atoms with van der Waals surface area (Å²) in [7, 11) is 0. The van der Waals surface area contributed by atoms with Crippen molar-refractivity contribution in [2.24, 2.45) is 0 Å². The van der Waals surface area contributed by atoms with Gasteiger partial charge in [-0.2, -0.15) is 0 Å². The summed E-state index contributed by atoms with van der Waals surface area (Å²) in [6, 6.07) is 5.54. The first-order valence-corrected chi connectivity index (χ1v) is 6.48. The van der Waals surface area contributed by atoms with Gasteiger partial charge in [-0.1, -0.05) is 27.5 Å². The van der Waals surface area contributed by atoms with E-state index < -0.39 is 42.7 Å². The van der Waals surface area contributed by atoms with Crippen LogP contribution in [0.4, 0.5) is 8.78 Å². The van der Waals surface area contributed by atoms with Gasteiger partial charge in [0, 0.05) is 16.3 Å². The molecule has 5 heteroatoms. The van der Waals surface area contributed by atoms with Crippen molar-refractivity contribution in [3.05, 3.63) is 62.6 Å². The summed E-state index contributed by atoms with van der Waals surface area (Å²) in [6.07, 6.45) is -2.40. The van der Waals surface area contributed by atoms with Crippen molar-refractivity contribution in [1.29, 1.82) is 0 Å². The molecule has 0 heterocycles. The maximum atomic E-state index is 14.3. The van der Waals surface area contributed by atoms with Crippen LogP contribution < -0.4 is 4.74 Å². The van der Waals surface area contributed by atoms with Gasteiger partial charge in [0.05, 0.1) is 9.30 Å². The summed E-state index contributed by atoms with van der Waals surface area (Å²) in [4.78, 5) is 0. The molecule has 0 amide bonds. The Morgan fingerprint density at radius 3 is 2.65 bits per heavy atom. The predicted molar refractivity (Wildman–Crippen MR) is 79.5 cm³/mol. The Balaban J connectivity index is 2.51. The number of halogens is 4. The molecule has 2 rings (SSSR count). The van der Waals surface area contributed by atoms with Gasteiger partial charge in [0.1, 0.15) is 0 Å². The number of rotatable bonds is 4. The van der Waals surface area contributed by atoms with Crippen LogP contribution in [-0.4, -0.2) is 6.56 Å². The molecule has 0 saturated carbocycles. The number of hydrogen-bond donors (Lipinski definition) is 0. The summed E-state index contributed by atoms with van der Waals surface area (Å²) < 4.78 is 85.7. The van der Waals surface area contributed by atoms with Gasteiger partial charge in [-0.15, -0.1) is 0 Å². The second kappa shape index (κ2) is 6.55. The van der Waals surface area contributed by atoms with Gasteiger partial charge in [0.2, 0.25) is 0 Å². The molecule has 0 bridgehead atoms. The Morgan fingerprint density at radius 2 is 2.00 bits per heavy atom. The normalized spacial score (nSPS) is 17.9. The van der Waals surface area contributed by atoms with Gasteiger partial charge in [-0.3, -0.25) is 0 Å². The van der Waals surface area contributed by atoms with E-state index in [-0.39, 0.29) is 10.6 Å². The highest BCUT2D eigenvalue weighted by molar-refractivity contribution is 9.10. The lowest BCUT2D eigenvalue weighted by Gasteiger charge is -2.10. The first-order valence-electron chi connectivity index (χ1n) is 8.81. The van der Waals surface area contributed by atoms with Crippen molar-refractivity contribution >= 4 is 27.5 Å². The van der Waals surface area contributed by atoms with Crippen LogP contribution in [-0.2, 0) is 6.37 Å². The molecule has 106 valence electrons. The summed E-state index contributed by atoms with van der Waals surface area (Å²) >= 11 is 9.16. The third-order valence-corrected chi connectivity index (χ3v) is 3.18. The minimum Gasteiger partial charge on any atom is -0.488 e. The van der Waals surface area contributed by atoms with Crippen molar-refractivity contribution in [2.75, 3.05) is 6.56 Å². The highest BCUT2D eigenvalue weighted by Crippen LogP contribution is 2.27. The van der Waals surface area contributed by atoms with Gasteiger partial charge in [-0.05, 0) is 54.7 Å². The van der Waals surface area contributed by atoms with Gasteiger partial charge in [0.15, 0.2) is 17.4 Å². The zero-order chi connectivity index (χ0) is 20.8. The average Bonchev–Trinajstić information content (AvgIpc) is 2.51. The highest BCUT2D eigenvalue weighted by atomic mass is 79.9. The largest absolute Gasteiger partial charge is 0.488 e. The third kappa shape index (κ3) is 3.49. The van der Waals surface area contributed by atoms with Crippen LogP contribution in [0.15, 0.2) is 34.8 Å². The van der Waals surface area contributed by atoms with E-state index in [0.717, 1.165) is 0 Å². The Hall–Kier alpha value is -1.13. The predicted octanol–water partition coefficient (Wildman–Crippen LogP) is 5.37. The van der Waals surface area contributed by atoms with Crippen LogP contribution in [0.3, 0.4) is 0 Å². The van der Waals surface area contributed by atoms with Crippen LogP contribution in [0.25, 0.3) is 0 Å². The molecule has 0 spiro atoms. The Kier molecular flexibility index (Phi) is 2.73. The lowest BCUT2D eigenvalue weighted by atomic mass is 10.0. The van der Waals surface area contributed by atoms with Gasteiger partial charge >= 0.3 is 0 Å². The molecular weight excluding hydrogens is 350 g/mol. The fourth-order valence-electron chi connectivity index (χ4n) is 1.53. The molecule has 0 aliphatic rings. The maximum absolute atomic E-state index is 14.3. The van der Waals surface area contributed by atoms with Crippen LogP contribution >= 0.6 is 27.5 Å². The van der Waals surface area contributed by atoms with Gasteiger partial charge < -0.3 is 4.74 Å². The van der Waals surface area contributed by atoms with E-state index >= 15 is 0 Å². The van der Waals surface area contributed by atoms with Crippen molar-refractivity contribution in [1.82, 2.24) is 0 Å². The summed E-state index contributed by atoms with van der Waals surface area (Å²) in [5.41, 5.74) is -0.497. The van der Waals surface area contributed by atoms with E-state index in [1.165, 1.54) is 12.1 Å². The fourth-order valence-corrected chi connectivity index (χ4v) is 2.06. The van der Waals surface area contributed by atoms with Crippen LogP contribution in [0.5, 0.6) is 5.75 Å². The Labute approximate surface area is 139 Å². The van der Waals surface area contributed by atoms with Crippen molar-refractivity contribution in [3.8, 4) is 5.75 Å². The zero-order valence-corrected chi connectivity index (χ0v) is 12.1. The quantitative estimate of drug-likeness (QED) is 0.705. The van der Waals surface area contributed by atoms with Crippen molar-refractivity contribution in [2.45, 2.75) is 13.2 Å². The van der Waals surface area contributed by atoms with E-state index in [4.69, 9.17) is 21.2 Å². The first kappa shape index (κ1) is 8.35. The molecule has 0 atom stereocenters. The lowest BCUT2D eigenvalue weighted by Crippen LogP contribution is -2.00. The number of benzene rings is 2. The molecule has 0 saturated heterocycles. The van der Waals surface area contributed by atoms with Crippen LogP contribution in [0.2, 0.25) is 5.02 Å². The highest BCUT2D eigenvalue weighted by Gasteiger charge is 2.13. The smallest absolute Gasteiger partial charge is 0.190 e. The molecule has 0 radical (unpaired) electrons. The molecular formula is C15H12BrClF2O. The molecule has 0 N–H and O–H groups in total. The summed E-state index contributed by atoms with van der Waals surface area (Å²) in [5, 5.41) is 0.0306. The Morgan fingerprint density at radius 1 is 1.30 bits per heavy atom. The van der Waals surface area contributed by atoms with E-state index in [1.54, 1.807) is 6.07 Å². The second-order valence-electron chi connectivity index (χ2n) is 3.72. The van der Waals surface area contributed by atoms with E-state index in [9.17, 15) is 8.78 Å². The van der Waals surface area contributed by atoms with Crippen LogP contribution in [0.1, 0.15) is 27.6 Å². The topological polar surface area (TPSA) is 9.23 Å². The maximum Gasteiger partial charge on any atom is 0.190 e. The number of ether oxygens (including phenoxy) is 1. The minimum absolute atomic E-state index is 0.0306. The first-order chi connectivity index (χ1) is 12.2. The van der Waals surface area contributed by atoms with E-state index in [1.807, 2.05) is 0 Å². The monoisotopic (exact) mass is 367 g/mol. The van der Waals surface area contributed by atoms with Crippen LogP contribution in [0, 0.1) is 11.6 Å². The van der Waals surface area contributed by atoms with E-state index in [2.05, 4.69) is 20.7 Å². The van der Waals surface area contributed by atoms with Gasteiger partial charge in [-0.25, -0.2) is 8.78 Å². The molecule has 0 aromatic heterocycles. The second-order valence-corrected chi connectivity index (χ2v) is 5.05. The minimum atomic E-state index is -3.34. The van der Waals surface area contributed by atoms with Crippen molar-refractivity contribution in [3.63, 3.8) is 0 Å². The molecule has 0 aliphatic heterocycles. The number of hydrogen-bond acceptors (Lipinski definition) is 1. The molecule has 0 fully saturated rings. The summed E-state index contributed by atoms with van der Waals surface area (Å²) in [5.74, 6) is -4.16. The summed E-state index contributed by atoms with van der Waals surface area (Å²) in [6.45, 7) is -6.63. The van der Waals surface area contributed by atoms with E-state index in [0.29, 0.717) is 16.6 Å². The molecule has 0 unspecified atom stereocenters. The fraction of sp³-hybridized carbons (Fsp3) is 0.200. The molecule has 0 aliphatic carbocycles. The zero-order valence-electron chi connectivity index (χ0n) is 16.8.